The monoisotopic (exact) mass is 491 g/mol. The summed E-state index contributed by atoms with van der Waals surface area (Å²) in [5.74, 6) is 1.13. The Morgan fingerprint density at radius 2 is 1.59 bits per heavy atom. The van der Waals surface area contributed by atoms with E-state index in [-0.39, 0.29) is 17.7 Å². The Morgan fingerprint density at radius 3 is 2.38 bits per heavy atom. The highest BCUT2D eigenvalue weighted by molar-refractivity contribution is 6.06. The van der Waals surface area contributed by atoms with E-state index in [1.165, 1.54) is 11.9 Å². The molecule has 0 bridgehead atoms. The van der Waals surface area contributed by atoms with E-state index in [0.29, 0.717) is 33.9 Å². The molecule has 0 unspecified atom stereocenters. The van der Waals surface area contributed by atoms with Gasteiger partial charge in [-0.2, -0.15) is 5.01 Å². The number of para-hydroxylation sites is 1. The van der Waals surface area contributed by atoms with Crippen LogP contribution in [0, 0.1) is 6.92 Å². The number of anilines is 1. The molecule has 1 aliphatic rings. The molecule has 4 aromatic carbocycles. The lowest BCUT2D eigenvalue weighted by molar-refractivity contribution is -0.135. The number of amides is 2. The lowest BCUT2D eigenvalue weighted by Crippen LogP contribution is -2.25. The summed E-state index contributed by atoms with van der Waals surface area (Å²) in [7, 11) is 0. The molecule has 0 aliphatic carbocycles. The van der Waals surface area contributed by atoms with E-state index in [9.17, 15) is 9.59 Å². The second kappa shape index (κ2) is 10.4. The molecule has 7 heteroatoms. The van der Waals surface area contributed by atoms with Gasteiger partial charge in [-0.1, -0.05) is 54.6 Å². The van der Waals surface area contributed by atoms with Crippen molar-refractivity contribution in [2.24, 2.45) is 5.10 Å². The van der Waals surface area contributed by atoms with E-state index in [2.05, 4.69) is 10.4 Å². The summed E-state index contributed by atoms with van der Waals surface area (Å²) >= 11 is 0. The number of rotatable bonds is 6. The molecule has 1 atom stereocenters. The number of hydrazone groups is 1. The highest BCUT2D eigenvalue weighted by Gasteiger charge is 2.33. The molecule has 4 aromatic rings. The Kier molecular flexibility index (Phi) is 6.68. The topological polar surface area (TPSA) is 80.2 Å². The van der Waals surface area contributed by atoms with Crippen LogP contribution in [0.15, 0.2) is 108 Å². The van der Waals surface area contributed by atoms with Crippen LogP contribution < -0.4 is 10.1 Å². The number of carbonyl (C=O) groups is 2. The first-order valence-corrected chi connectivity index (χ1v) is 11.8. The number of hydrogen-bond donors (Lipinski definition) is 1. The van der Waals surface area contributed by atoms with Gasteiger partial charge in [0.2, 0.25) is 18.0 Å². The van der Waals surface area contributed by atoms with Crippen LogP contribution in [0.5, 0.6) is 11.5 Å². The highest BCUT2D eigenvalue weighted by Crippen LogP contribution is 2.33. The summed E-state index contributed by atoms with van der Waals surface area (Å²) in [4.78, 5) is 25.2. The van der Waals surface area contributed by atoms with Crippen LogP contribution in [0.3, 0.4) is 0 Å². The molecule has 0 aromatic heterocycles. The minimum Gasteiger partial charge on any atom is -0.457 e. The highest BCUT2D eigenvalue weighted by atomic mass is 16.5. The fourth-order valence-corrected chi connectivity index (χ4v) is 4.01. The molecular formula is C30H25N3O4. The van der Waals surface area contributed by atoms with E-state index in [4.69, 9.17) is 9.47 Å². The molecule has 0 saturated carbocycles. The zero-order chi connectivity index (χ0) is 25.8. The van der Waals surface area contributed by atoms with Crippen molar-refractivity contribution in [1.29, 1.82) is 0 Å². The van der Waals surface area contributed by atoms with Crippen molar-refractivity contribution in [3.63, 3.8) is 0 Å². The van der Waals surface area contributed by atoms with Gasteiger partial charge in [-0.25, -0.2) is 0 Å². The molecule has 0 fully saturated rings. The van der Waals surface area contributed by atoms with Crippen LogP contribution in [-0.2, 0) is 9.53 Å². The van der Waals surface area contributed by atoms with Crippen molar-refractivity contribution in [2.45, 2.75) is 20.1 Å². The largest absolute Gasteiger partial charge is 0.457 e. The van der Waals surface area contributed by atoms with E-state index in [1.807, 2.05) is 85.8 Å². The molecule has 0 radical (unpaired) electrons. The summed E-state index contributed by atoms with van der Waals surface area (Å²) in [5.41, 5.74) is 3.42. The molecule has 2 amide bonds. The number of nitrogens with zero attached hydrogens (tertiary/aromatic N) is 2. The summed E-state index contributed by atoms with van der Waals surface area (Å²) < 4.78 is 12.1. The minimum absolute atomic E-state index is 0.206. The van der Waals surface area contributed by atoms with Gasteiger partial charge in [0.05, 0.1) is 0 Å². The van der Waals surface area contributed by atoms with E-state index >= 15 is 0 Å². The first-order chi connectivity index (χ1) is 18.0. The van der Waals surface area contributed by atoms with Crippen molar-refractivity contribution >= 4 is 23.4 Å². The maximum atomic E-state index is 12.8. The van der Waals surface area contributed by atoms with Crippen molar-refractivity contribution < 1.29 is 19.1 Å². The number of carbonyl (C=O) groups excluding carboxylic acids is 2. The van der Waals surface area contributed by atoms with Gasteiger partial charge in [-0.15, -0.1) is 5.10 Å². The maximum absolute atomic E-state index is 12.8. The molecule has 0 spiro atoms. The molecule has 0 saturated heterocycles. The average molecular weight is 492 g/mol. The Labute approximate surface area is 215 Å². The Hall–Kier alpha value is -4.91. The van der Waals surface area contributed by atoms with Crippen molar-refractivity contribution in [2.75, 3.05) is 5.32 Å². The van der Waals surface area contributed by atoms with Crippen LogP contribution >= 0.6 is 0 Å². The van der Waals surface area contributed by atoms with E-state index in [0.717, 1.165) is 5.56 Å². The number of benzene rings is 4. The number of ether oxygens (including phenoxy) is 2. The minimum atomic E-state index is -0.753. The fraction of sp³-hybridized carbons (Fsp3) is 0.100. The smallest absolute Gasteiger partial charge is 0.255 e. The fourth-order valence-electron chi connectivity index (χ4n) is 4.01. The molecule has 5 rings (SSSR count). The van der Waals surface area contributed by atoms with E-state index in [1.54, 1.807) is 24.3 Å². The molecule has 37 heavy (non-hydrogen) atoms. The zero-order valence-electron chi connectivity index (χ0n) is 20.4. The van der Waals surface area contributed by atoms with Crippen LogP contribution in [0.1, 0.15) is 40.2 Å². The normalized spacial score (nSPS) is 14.5. The Balaban J connectivity index is 1.36. The molecular weight excluding hydrogens is 466 g/mol. The maximum Gasteiger partial charge on any atom is 0.255 e. The number of hydrogen-bond acceptors (Lipinski definition) is 5. The Morgan fingerprint density at radius 1 is 0.865 bits per heavy atom. The van der Waals surface area contributed by atoms with Crippen LogP contribution in [0.25, 0.3) is 0 Å². The van der Waals surface area contributed by atoms with Crippen LogP contribution in [-0.4, -0.2) is 22.7 Å². The SMILES string of the molecule is CC(=O)N1N=C(c2cccc(NC(=O)c3ccccc3C)c2)O[C@@H]1c1cccc(Oc2ccccc2)c1. The summed E-state index contributed by atoms with van der Waals surface area (Å²) in [6, 6.07) is 31.4. The summed E-state index contributed by atoms with van der Waals surface area (Å²) in [6.07, 6.45) is -0.753. The average Bonchev–Trinajstić information content (AvgIpc) is 3.36. The van der Waals surface area contributed by atoms with Gasteiger partial charge in [0.1, 0.15) is 11.5 Å². The predicted molar refractivity (Wildman–Crippen MR) is 141 cm³/mol. The van der Waals surface area contributed by atoms with Gasteiger partial charge in [-0.05, 0) is 61.0 Å². The van der Waals surface area contributed by atoms with Gasteiger partial charge in [-0.3, -0.25) is 9.59 Å². The number of aryl methyl sites for hydroxylation is 1. The molecule has 184 valence electrons. The third-order valence-corrected chi connectivity index (χ3v) is 5.85. The zero-order valence-corrected chi connectivity index (χ0v) is 20.4. The van der Waals surface area contributed by atoms with Crippen molar-refractivity contribution in [1.82, 2.24) is 5.01 Å². The van der Waals surface area contributed by atoms with E-state index < -0.39 is 6.23 Å². The molecule has 1 N–H and O–H groups in total. The van der Waals surface area contributed by atoms with Crippen LogP contribution in [0.2, 0.25) is 0 Å². The summed E-state index contributed by atoms with van der Waals surface area (Å²) in [6.45, 7) is 3.33. The lowest BCUT2D eigenvalue weighted by Gasteiger charge is -2.20. The first kappa shape index (κ1) is 23.8. The second-order valence-electron chi connectivity index (χ2n) is 8.58. The lowest BCUT2D eigenvalue weighted by atomic mass is 10.1. The number of nitrogens with one attached hydrogen (secondary N) is 1. The quantitative estimate of drug-likeness (QED) is 0.344. The second-order valence-corrected chi connectivity index (χ2v) is 8.58. The van der Waals surface area contributed by atoms with Crippen molar-refractivity contribution in [3.05, 3.63) is 125 Å². The first-order valence-electron chi connectivity index (χ1n) is 11.8. The molecule has 1 aliphatic heterocycles. The Bertz CT molecular complexity index is 1480. The van der Waals surface area contributed by atoms with Crippen LogP contribution in [0.4, 0.5) is 5.69 Å². The standard InChI is InChI=1S/C30H25N3O4/c1-20-10-6-7-17-27(20)28(35)31-24-13-8-11-22(18-24)29-32-33(21(2)34)30(37-29)23-12-9-16-26(19-23)36-25-14-4-3-5-15-25/h3-19,30H,1-2H3,(H,31,35)/t30-/m1/s1. The summed E-state index contributed by atoms with van der Waals surface area (Å²) in [5, 5.41) is 8.67. The molecule has 1 heterocycles. The van der Waals surface area contributed by atoms with Crippen molar-refractivity contribution in [3.8, 4) is 11.5 Å². The van der Waals surface area contributed by atoms with Gasteiger partial charge in [0, 0.05) is 29.3 Å². The van der Waals surface area contributed by atoms with Gasteiger partial charge < -0.3 is 14.8 Å². The predicted octanol–water partition coefficient (Wildman–Crippen LogP) is 6.28. The van der Waals surface area contributed by atoms with Gasteiger partial charge in [0.15, 0.2) is 0 Å². The third-order valence-electron chi connectivity index (χ3n) is 5.85. The molecule has 7 nitrogen and oxygen atoms in total. The third kappa shape index (κ3) is 5.36. The van der Waals surface area contributed by atoms with Gasteiger partial charge >= 0.3 is 0 Å². The van der Waals surface area contributed by atoms with Gasteiger partial charge in [0.25, 0.3) is 5.91 Å².